The Morgan fingerprint density at radius 1 is 0.738 bits per heavy atom. The fraction of sp³-hybridized carbons (Fsp3) is 0.357. The maximum Gasteiger partial charge on any atom is 0.330 e. The van der Waals surface area contributed by atoms with Gasteiger partial charge in [0.1, 0.15) is 36.0 Å². The Bertz CT molecular complexity index is 2130. The number of aliphatic hydroxyl groups is 2. The number of aromatic amines is 1. The minimum absolute atomic E-state index is 0.00252. The van der Waals surface area contributed by atoms with Crippen LogP contribution in [0.2, 0.25) is 0 Å². The van der Waals surface area contributed by atoms with Crippen molar-refractivity contribution in [3.05, 3.63) is 108 Å². The molecule has 0 saturated heterocycles. The highest BCUT2D eigenvalue weighted by atomic mass is 16.4. The van der Waals surface area contributed by atoms with Crippen LogP contribution in [0.1, 0.15) is 43.2 Å². The van der Waals surface area contributed by atoms with Crippen LogP contribution in [0.5, 0.6) is 0 Å². The lowest BCUT2D eigenvalue weighted by atomic mass is 10.0. The first kappa shape index (κ1) is 46.9. The predicted molar refractivity (Wildman–Crippen MR) is 222 cm³/mol. The summed E-state index contributed by atoms with van der Waals surface area (Å²) < 4.78 is 0. The number of benzene rings is 2. The monoisotopic (exact) mass is 844 g/mol. The van der Waals surface area contributed by atoms with Crippen molar-refractivity contribution >= 4 is 52.4 Å². The molecule has 61 heavy (non-hydrogen) atoms. The fourth-order valence-corrected chi connectivity index (χ4v) is 6.42. The lowest BCUT2D eigenvalue weighted by Crippen LogP contribution is -2.60. The number of aliphatic carboxylic acids is 2. The van der Waals surface area contributed by atoms with Crippen molar-refractivity contribution < 1.29 is 54.0 Å². The Morgan fingerprint density at radius 2 is 1.34 bits per heavy atom. The molecule has 0 bridgehead atoms. The van der Waals surface area contributed by atoms with Gasteiger partial charge in [0.25, 0.3) is 0 Å². The SMILES string of the molecule is NCCCC[C@H](N)C(=O)N[C@@H](CC(=O)O)C(=O)N[C@@H](Cc1c[nH]c2ccccc12)C(=O)N[C@@H](CO)C(=O)N[C@@H](Cc1ccccc1)C(=O)N[C@@H](/C=C1/C=CC(O)=CC1)C(=O)O. The van der Waals surface area contributed by atoms with Gasteiger partial charge in [-0.25, -0.2) is 4.79 Å². The minimum atomic E-state index is -1.72. The molecular formula is C42H52N8O11. The van der Waals surface area contributed by atoms with Crippen LogP contribution in [0.4, 0.5) is 0 Å². The Hall–Kier alpha value is -6.83. The van der Waals surface area contributed by atoms with Crippen molar-refractivity contribution in [2.75, 3.05) is 13.2 Å². The van der Waals surface area contributed by atoms with Crippen molar-refractivity contribution in [2.24, 2.45) is 11.5 Å². The molecule has 19 nitrogen and oxygen atoms in total. The Kier molecular flexibility index (Phi) is 17.7. The number of para-hydroxylation sites is 1. The molecule has 0 aliphatic heterocycles. The zero-order valence-corrected chi connectivity index (χ0v) is 33.2. The van der Waals surface area contributed by atoms with Crippen LogP contribution >= 0.6 is 0 Å². The van der Waals surface area contributed by atoms with Crippen LogP contribution in [0.25, 0.3) is 10.9 Å². The van der Waals surface area contributed by atoms with Crippen molar-refractivity contribution in [2.45, 2.75) is 81.2 Å². The van der Waals surface area contributed by atoms with Gasteiger partial charge in [-0.1, -0.05) is 61.0 Å². The number of aromatic nitrogens is 1. The second-order valence-corrected chi connectivity index (χ2v) is 14.4. The summed E-state index contributed by atoms with van der Waals surface area (Å²) in [6, 6.07) is 6.60. The molecule has 1 aliphatic rings. The van der Waals surface area contributed by atoms with Crippen molar-refractivity contribution in [3.8, 4) is 0 Å². The number of H-pyrrole nitrogens is 1. The third-order valence-electron chi connectivity index (χ3n) is 9.74. The quantitative estimate of drug-likeness (QED) is 0.0547. The molecule has 0 fully saturated rings. The first-order chi connectivity index (χ1) is 29.2. The molecule has 1 aromatic heterocycles. The van der Waals surface area contributed by atoms with Gasteiger partial charge in [0.05, 0.1) is 19.1 Å². The van der Waals surface area contributed by atoms with Crippen LogP contribution < -0.4 is 38.1 Å². The highest BCUT2D eigenvalue weighted by Gasteiger charge is 2.34. The number of hydrogen-bond donors (Lipinski definition) is 12. The lowest BCUT2D eigenvalue weighted by Gasteiger charge is -2.26. The van der Waals surface area contributed by atoms with Gasteiger partial charge in [-0.3, -0.25) is 28.8 Å². The topological polar surface area (TPSA) is 328 Å². The van der Waals surface area contributed by atoms with Crippen LogP contribution in [-0.2, 0) is 46.4 Å². The van der Waals surface area contributed by atoms with Gasteiger partial charge in [-0.2, -0.15) is 0 Å². The van der Waals surface area contributed by atoms with E-state index in [0.717, 1.165) is 0 Å². The average molecular weight is 845 g/mol. The van der Waals surface area contributed by atoms with E-state index in [1.807, 2.05) is 0 Å². The molecule has 19 heteroatoms. The van der Waals surface area contributed by atoms with E-state index in [0.29, 0.717) is 47.0 Å². The molecule has 5 amide bonds. The Morgan fingerprint density at radius 3 is 1.98 bits per heavy atom. The summed E-state index contributed by atoms with van der Waals surface area (Å²) in [7, 11) is 0. The highest BCUT2D eigenvalue weighted by molar-refractivity contribution is 5.98. The fourth-order valence-electron chi connectivity index (χ4n) is 6.42. The molecule has 0 spiro atoms. The van der Waals surface area contributed by atoms with Gasteiger partial charge in [0.2, 0.25) is 29.5 Å². The number of carboxylic acids is 2. The number of nitrogens with two attached hydrogens (primary N) is 2. The third-order valence-corrected chi connectivity index (χ3v) is 9.74. The second-order valence-electron chi connectivity index (χ2n) is 14.4. The largest absolute Gasteiger partial charge is 0.508 e. The normalized spacial score (nSPS) is 15.9. The van der Waals surface area contributed by atoms with Crippen LogP contribution in [-0.4, -0.2) is 116 Å². The number of carbonyl (C=O) groups is 7. The Labute approximate surface area is 350 Å². The van der Waals surface area contributed by atoms with Gasteiger partial charge >= 0.3 is 11.9 Å². The minimum Gasteiger partial charge on any atom is -0.508 e. The lowest BCUT2D eigenvalue weighted by molar-refractivity contribution is -0.141. The molecule has 14 N–H and O–H groups in total. The van der Waals surface area contributed by atoms with Gasteiger partial charge in [0.15, 0.2) is 0 Å². The van der Waals surface area contributed by atoms with Gasteiger partial charge < -0.3 is 63.5 Å². The number of amides is 5. The number of hydrogen-bond acceptors (Lipinski definition) is 11. The number of nitrogens with one attached hydrogen (secondary N) is 6. The van der Waals surface area contributed by atoms with E-state index in [9.17, 15) is 54.0 Å². The number of rotatable bonds is 23. The van der Waals surface area contributed by atoms with E-state index in [1.165, 1.54) is 24.3 Å². The summed E-state index contributed by atoms with van der Waals surface area (Å²) in [6.07, 6.45) is 7.51. The molecule has 3 aromatic rings. The van der Waals surface area contributed by atoms with E-state index in [4.69, 9.17) is 11.5 Å². The maximum absolute atomic E-state index is 14.0. The van der Waals surface area contributed by atoms with E-state index in [-0.39, 0.29) is 31.4 Å². The predicted octanol–water partition coefficient (Wildman–Crippen LogP) is -0.287. The number of allylic oxidation sites excluding steroid dienone is 4. The number of carboxylic acid groups (broad SMARTS) is 2. The zero-order chi connectivity index (χ0) is 44.5. The van der Waals surface area contributed by atoms with Crippen molar-refractivity contribution in [1.82, 2.24) is 31.6 Å². The molecule has 0 saturated carbocycles. The van der Waals surface area contributed by atoms with E-state index < -0.39 is 90.8 Å². The molecule has 1 heterocycles. The number of carbonyl (C=O) groups excluding carboxylic acids is 5. The summed E-state index contributed by atoms with van der Waals surface area (Å²) in [6.45, 7) is -0.613. The first-order valence-corrected chi connectivity index (χ1v) is 19.6. The molecule has 6 atom stereocenters. The number of unbranched alkanes of at least 4 members (excludes halogenated alkanes) is 1. The third kappa shape index (κ3) is 14.4. The molecule has 1 aliphatic carbocycles. The molecule has 0 unspecified atom stereocenters. The van der Waals surface area contributed by atoms with Crippen molar-refractivity contribution in [1.29, 1.82) is 0 Å². The van der Waals surface area contributed by atoms with Crippen LogP contribution in [0.3, 0.4) is 0 Å². The van der Waals surface area contributed by atoms with E-state index >= 15 is 0 Å². The summed E-state index contributed by atoms with van der Waals surface area (Å²) in [5.74, 6) is -7.62. The molecular weight excluding hydrogens is 793 g/mol. The smallest absolute Gasteiger partial charge is 0.330 e. The number of aliphatic hydroxyl groups excluding tert-OH is 2. The molecule has 0 radical (unpaired) electrons. The van der Waals surface area contributed by atoms with Gasteiger partial charge in [0, 0.05) is 29.9 Å². The number of fused-ring (bicyclic) bond motifs is 1. The summed E-state index contributed by atoms with van der Waals surface area (Å²) in [4.78, 5) is 95.1. The zero-order valence-electron chi connectivity index (χ0n) is 33.2. The highest BCUT2D eigenvalue weighted by Crippen LogP contribution is 2.20. The van der Waals surface area contributed by atoms with E-state index in [1.54, 1.807) is 60.8 Å². The average Bonchev–Trinajstić information content (AvgIpc) is 3.64. The molecule has 2 aromatic carbocycles. The molecule has 326 valence electrons. The maximum atomic E-state index is 14.0. The Balaban J connectivity index is 1.57. The summed E-state index contributed by atoms with van der Waals surface area (Å²) >= 11 is 0. The standard InChI is InChI=1S/C42H52N8O11/c43-17-7-6-11-29(44)37(55)46-33(21-36(53)54)40(58)48-32(20-26-22-45-30-12-5-4-10-28(26)30)39(57)50-35(23-51)41(59)47-31(18-24-8-2-1-3-9-24)38(56)49-34(42(60)61)19-25-13-15-27(52)16-14-25/h1-5,8-10,12-13,15-16,19,22,29,31-35,45,51-52H,6-7,11,14,17-18,20-21,23,43-44H2,(H,46,55)(H,47,59)(H,48,58)(H,49,56)(H,50,57)(H,53,54)(H,60,61)/b25-19-/t29-,31-,32-,33-,34-,35-/m0/s1. The first-order valence-electron chi connectivity index (χ1n) is 19.6. The van der Waals surface area contributed by atoms with Gasteiger partial charge in [-0.15, -0.1) is 0 Å². The van der Waals surface area contributed by atoms with E-state index in [2.05, 4.69) is 31.6 Å². The van der Waals surface area contributed by atoms with Gasteiger partial charge in [-0.05, 0) is 66.8 Å². The molecule has 4 rings (SSSR count). The summed E-state index contributed by atoms with van der Waals surface area (Å²) in [5.41, 5.74) is 13.8. The second kappa shape index (κ2) is 23.1. The van der Waals surface area contributed by atoms with Crippen LogP contribution in [0.15, 0.2) is 96.4 Å². The van der Waals surface area contributed by atoms with Crippen molar-refractivity contribution in [3.63, 3.8) is 0 Å². The summed E-state index contributed by atoms with van der Waals surface area (Å²) in [5, 5.41) is 52.3. The van der Waals surface area contributed by atoms with Crippen LogP contribution in [0, 0.1) is 0 Å².